The van der Waals surface area contributed by atoms with E-state index in [1.807, 2.05) is 18.2 Å². The molecule has 0 saturated carbocycles. The number of phenols is 1. The maximum atomic E-state index is 11.9. The molecule has 0 saturated heterocycles. The van der Waals surface area contributed by atoms with Crippen molar-refractivity contribution >= 4 is 32.5 Å². The van der Waals surface area contributed by atoms with Gasteiger partial charge in [0.05, 0.1) is 12.4 Å². The number of nitrogens with zero attached hydrogens (tertiary/aromatic N) is 1. The third kappa shape index (κ3) is 2.80. The molecule has 0 atom stereocenters. The number of rotatable bonds is 4. The molecular weight excluding hydrogens is 358 g/mol. The number of fused-ring (bicyclic) bond motifs is 1. The number of carbonyl (C=O) groups excluding carboxylic acids is 1. The van der Waals surface area contributed by atoms with Crippen LogP contribution in [-0.2, 0) is 0 Å². The SMILES string of the molecule is COc1ncc(-c2cccc(C(=O)CBr)c2)c2c(O)cccc12. The van der Waals surface area contributed by atoms with Gasteiger partial charge in [0.15, 0.2) is 5.78 Å². The zero-order valence-corrected chi connectivity index (χ0v) is 14.0. The van der Waals surface area contributed by atoms with E-state index in [2.05, 4.69) is 20.9 Å². The van der Waals surface area contributed by atoms with E-state index in [1.165, 1.54) is 0 Å². The number of pyridine rings is 1. The zero-order chi connectivity index (χ0) is 16.4. The fraction of sp³-hybridized carbons (Fsp3) is 0.111. The highest BCUT2D eigenvalue weighted by Crippen LogP contribution is 2.38. The molecule has 1 aromatic heterocycles. The summed E-state index contributed by atoms with van der Waals surface area (Å²) in [5.41, 5.74) is 2.18. The molecule has 3 rings (SSSR count). The van der Waals surface area contributed by atoms with E-state index in [0.29, 0.717) is 16.8 Å². The Morgan fingerprint density at radius 3 is 2.78 bits per heavy atom. The Bertz CT molecular complexity index is 893. The second-order valence-corrected chi connectivity index (χ2v) is 5.58. The van der Waals surface area contributed by atoms with Crippen molar-refractivity contribution in [2.45, 2.75) is 0 Å². The molecular formula is C18H14BrNO3. The molecule has 2 aromatic carbocycles. The summed E-state index contributed by atoms with van der Waals surface area (Å²) in [4.78, 5) is 16.2. The second kappa shape index (κ2) is 6.38. The molecule has 0 fully saturated rings. The van der Waals surface area contributed by atoms with E-state index < -0.39 is 0 Å². The predicted molar refractivity (Wildman–Crippen MR) is 93.5 cm³/mol. The van der Waals surface area contributed by atoms with Crippen molar-refractivity contribution in [1.82, 2.24) is 4.98 Å². The van der Waals surface area contributed by atoms with E-state index >= 15 is 0 Å². The predicted octanol–water partition coefficient (Wildman–Crippen LogP) is 4.19. The summed E-state index contributed by atoms with van der Waals surface area (Å²) >= 11 is 3.18. The second-order valence-electron chi connectivity index (χ2n) is 5.02. The van der Waals surface area contributed by atoms with Crippen LogP contribution in [0.1, 0.15) is 10.4 Å². The molecule has 0 aliphatic heterocycles. The van der Waals surface area contributed by atoms with Gasteiger partial charge in [0.25, 0.3) is 0 Å². The Morgan fingerprint density at radius 1 is 1.26 bits per heavy atom. The summed E-state index contributed by atoms with van der Waals surface area (Å²) in [6, 6.07) is 12.5. The van der Waals surface area contributed by atoms with Crippen molar-refractivity contribution in [3.8, 4) is 22.8 Å². The highest BCUT2D eigenvalue weighted by Gasteiger charge is 2.14. The maximum absolute atomic E-state index is 11.9. The molecule has 3 aromatic rings. The lowest BCUT2D eigenvalue weighted by molar-refractivity contribution is 0.102. The minimum atomic E-state index is 0.00171. The fourth-order valence-corrected chi connectivity index (χ4v) is 2.90. The lowest BCUT2D eigenvalue weighted by atomic mass is 9.97. The number of phenolic OH excluding ortho intramolecular Hbond substituents is 1. The molecule has 1 heterocycles. The van der Waals surface area contributed by atoms with Crippen LogP contribution >= 0.6 is 15.9 Å². The number of aromatic nitrogens is 1. The molecule has 1 N–H and O–H groups in total. The number of carbonyl (C=O) groups is 1. The summed E-state index contributed by atoms with van der Waals surface area (Å²) in [5, 5.41) is 11.9. The number of hydrogen-bond donors (Lipinski definition) is 1. The monoisotopic (exact) mass is 371 g/mol. The van der Waals surface area contributed by atoms with Gasteiger partial charge >= 0.3 is 0 Å². The van der Waals surface area contributed by atoms with Gasteiger partial charge in [0.1, 0.15) is 5.75 Å². The molecule has 116 valence electrons. The van der Waals surface area contributed by atoms with E-state index in [9.17, 15) is 9.90 Å². The Balaban J connectivity index is 2.27. The number of ether oxygens (including phenoxy) is 1. The maximum Gasteiger partial charge on any atom is 0.221 e. The topological polar surface area (TPSA) is 59.4 Å². The van der Waals surface area contributed by atoms with Crippen molar-refractivity contribution in [2.75, 3.05) is 12.4 Å². The average molecular weight is 372 g/mol. The van der Waals surface area contributed by atoms with Crippen molar-refractivity contribution in [3.05, 3.63) is 54.2 Å². The third-order valence-corrected chi connectivity index (χ3v) is 4.17. The van der Waals surface area contributed by atoms with Crippen LogP contribution in [0.4, 0.5) is 0 Å². The highest BCUT2D eigenvalue weighted by molar-refractivity contribution is 9.09. The van der Waals surface area contributed by atoms with Gasteiger partial charge in [0, 0.05) is 28.1 Å². The molecule has 0 aliphatic rings. The number of halogens is 1. The third-order valence-electron chi connectivity index (χ3n) is 3.66. The molecule has 0 amide bonds. The number of benzene rings is 2. The van der Waals surface area contributed by atoms with Crippen molar-refractivity contribution < 1.29 is 14.6 Å². The Kier molecular flexibility index (Phi) is 4.30. The van der Waals surface area contributed by atoms with Crippen LogP contribution in [0.25, 0.3) is 21.9 Å². The average Bonchev–Trinajstić information content (AvgIpc) is 2.60. The number of alkyl halides is 1. The molecule has 0 aliphatic carbocycles. The smallest absolute Gasteiger partial charge is 0.221 e. The van der Waals surface area contributed by atoms with E-state index in [1.54, 1.807) is 37.6 Å². The number of hydrogen-bond acceptors (Lipinski definition) is 4. The standard InChI is InChI=1S/C18H14BrNO3/c1-23-18-13-6-3-7-15(21)17(13)14(10-20-18)11-4-2-5-12(8-11)16(22)9-19/h2-8,10,21H,9H2,1H3. The molecule has 0 spiro atoms. The van der Waals surface area contributed by atoms with E-state index in [0.717, 1.165) is 16.5 Å². The lowest BCUT2D eigenvalue weighted by Gasteiger charge is -2.11. The summed E-state index contributed by atoms with van der Waals surface area (Å²) in [7, 11) is 1.54. The van der Waals surface area contributed by atoms with Gasteiger partial charge in [0.2, 0.25) is 5.88 Å². The number of methoxy groups -OCH3 is 1. The Hall–Kier alpha value is -2.40. The van der Waals surface area contributed by atoms with Gasteiger partial charge in [-0.25, -0.2) is 4.98 Å². The van der Waals surface area contributed by atoms with Gasteiger partial charge in [-0.05, 0) is 23.8 Å². The first-order valence-electron chi connectivity index (χ1n) is 7.00. The first kappa shape index (κ1) is 15.5. The Labute approximate surface area is 141 Å². The summed E-state index contributed by atoms with van der Waals surface area (Å²) in [5.74, 6) is 0.601. The van der Waals surface area contributed by atoms with Gasteiger partial charge in [-0.2, -0.15) is 0 Å². The van der Waals surface area contributed by atoms with Crippen LogP contribution in [0.5, 0.6) is 11.6 Å². The largest absolute Gasteiger partial charge is 0.507 e. The first-order valence-corrected chi connectivity index (χ1v) is 8.12. The highest BCUT2D eigenvalue weighted by atomic mass is 79.9. The molecule has 5 heteroatoms. The summed E-state index contributed by atoms with van der Waals surface area (Å²) < 4.78 is 5.27. The van der Waals surface area contributed by atoms with Crippen LogP contribution in [0.15, 0.2) is 48.7 Å². The van der Waals surface area contributed by atoms with E-state index in [4.69, 9.17) is 4.74 Å². The van der Waals surface area contributed by atoms with Crippen LogP contribution in [0, 0.1) is 0 Å². The van der Waals surface area contributed by atoms with Crippen molar-refractivity contribution in [1.29, 1.82) is 0 Å². The van der Waals surface area contributed by atoms with Crippen molar-refractivity contribution in [2.24, 2.45) is 0 Å². The van der Waals surface area contributed by atoms with E-state index in [-0.39, 0.29) is 16.9 Å². The van der Waals surface area contributed by atoms with Crippen LogP contribution in [-0.4, -0.2) is 28.3 Å². The van der Waals surface area contributed by atoms with Crippen molar-refractivity contribution in [3.63, 3.8) is 0 Å². The quantitative estimate of drug-likeness (QED) is 0.551. The van der Waals surface area contributed by atoms with Crippen LogP contribution in [0.3, 0.4) is 0 Å². The van der Waals surface area contributed by atoms with Gasteiger partial charge in [-0.3, -0.25) is 4.79 Å². The molecule has 0 radical (unpaired) electrons. The molecule has 23 heavy (non-hydrogen) atoms. The van der Waals surface area contributed by atoms with Crippen LogP contribution < -0.4 is 4.74 Å². The Morgan fingerprint density at radius 2 is 2.04 bits per heavy atom. The van der Waals surface area contributed by atoms with Crippen LogP contribution in [0.2, 0.25) is 0 Å². The summed E-state index contributed by atoms with van der Waals surface area (Å²) in [6.45, 7) is 0. The fourth-order valence-electron chi connectivity index (χ4n) is 2.58. The first-order chi connectivity index (χ1) is 11.2. The zero-order valence-electron chi connectivity index (χ0n) is 12.4. The normalized spacial score (nSPS) is 10.7. The minimum absolute atomic E-state index is 0.00171. The molecule has 0 bridgehead atoms. The number of Topliss-reactive ketones (excluding diaryl/α,β-unsaturated/α-hetero) is 1. The molecule has 4 nitrogen and oxygen atoms in total. The number of aromatic hydroxyl groups is 1. The minimum Gasteiger partial charge on any atom is -0.507 e. The lowest BCUT2D eigenvalue weighted by Crippen LogP contribution is -2.00. The number of ketones is 1. The van der Waals surface area contributed by atoms with Gasteiger partial charge in [-0.1, -0.05) is 40.2 Å². The van der Waals surface area contributed by atoms with Gasteiger partial charge < -0.3 is 9.84 Å². The molecule has 0 unspecified atom stereocenters. The van der Waals surface area contributed by atoms with Gasteiger partial charge in [-0.15, -0.1) is 0 Å². The summed E-state index contributed by atoms with van der Waals surface area (Å²) in [6.07, 6.45) is 1.65.